The lowest BCUT2D eigenvalue weighted by molar-refractivity contribution is -0.120. The van der Waals surface area contributed by atoms with Crippen LogP contribution in [-0.4, -0.2) is 5.78 Å². The van der Waals surface area contributed by atoms with Crippen molar-refractivity contribution < 1.29 is 4.79 Å². The molecular weight excluding hydrogens is 172 g/mol. The van der Waals surface area contributed by atoms with Gasteiger partial charge in [0.2, 0.25) is 0 Å². The van der Waals surface area contributed by atoms with Gasteiger partial charge in [-0.05, 0) is 25.7 Å². The van der Waals surface area contributed by atoms with Crippen LogP contribution in [0.1, 0.15) is 40.5 Å². The van der Waals surface area contributed by atoms with Crippen molar-refractivity contribution >= 4 is 5.78 Å². The average Bonchev–Trinajstić information content (AvgIpc) is 2.13. The third-order valence-corrected chi connectivity index (χ3v) is 2.53. The van der Waals surface area contributed by atoms with Crippen LogP contribution in [0.15, 0.2) is 24.3 Å². The van der Waals surface area contributed by atoms with Crippen LogP contribution < -0.4 is 0 Å². The van der Waals surface area contributed by atoms with E-state index in [1.165, 1.54) is 0 Å². The van der Waals surface area contributed by atoms with E-state index >= 15 is 0 Å². The van der Waals surface area contributed by atoms with Gasteiger partial charge in [-0.15, -0.1) is 0 Å². The maximum atomic E-state index is 11.0. The Bertz CT molecular complexity index is 225. The van der Waals surface area contributed by atoms with Crippen LogP contribution in [0.3, 0.4) is 0 Å². The fraction of sp³-hybridized carbons (Fsp3) is 0.615. The van der Waals surface area contributed by atoms with Crippen molar-refractivity contribution in [1.29, 1.82) is 0 Å². The Labute approximate surface area is 87.9 Å². The minimum absolute atomic E-state index is 0.171. The van der Waals surface area contributed by atoms with Gasteiger partial charge in [-0.25, -0.2) is 0 Å². The molecule has 0 saturated carbocycles. The van der Waals surface area contributed by atoms with Crippen molar-refractivity contribution in [2.75, 3.05) is 0 Å². The Kier molecular flexibility index (Phi) is 6.18. The standard InChI is InChI=1S/C13H22O/c1-6-10(2)7-8-11(3)9-12(4)13(5)14/h7-8,11-12H,2,6,9H2,1,3-5H3. The molecule has 0 bridgehead atoms. The summed E-state index contributed by atoms with van der Waals surface area (Å²) >= 11 is 0. The quantitative estimate of drug-likeness (QED) is 0.588. The summed E-state index contributed by atoms with van der Waals surface area (Å²) in [5.41, 5.74) is 1.15. The number of hydrogen-bond donors (Lipinski definition) is 0. The molecule has 0 aliphatic heterocycles. The number of rotatable bonds is 6. The lowest BCUT2D eigenvalue weighted by Crippen LogP contribution is -2.09. The van der Waals surface area contributed by atoms with E-state index in [4.69, 9.17) is 0 Å². The molecule has 2 atom stereocenters. The number of hydrogen-bond acceptors (Lipinski definition) is 1. The zero-order valence-corrected chi connectivity index (χ0v) is 9.84. The molecule has 0 saturated heterocycles. The molecule has 14 heavy (non-hydrogen) atoms. The first-order chi connectivity index (χ1) is 6.47. The van der Waals surface area contributed by atoms with Crippen molar-refractivity contribution in [3.63, 3.8) is 0 Å². The monoisotopic (exact) mass is 194 g/mol. The highest BCUT2D eigenvalue weighted by Gasteiger charge is 2.10. The number of allylic oxidation sites excluding steroid dienone is 3. The first kappa shape index (κ1) is 13.2. The molecule has 0 aromatic carbocycles. The van der Waals surface area contributed by atoms with Crippen molar-refractivity contribution in [3.05, 3.63) is 24.3 Å². The summed E-state index contributed by atoms with van der Waals surface area (Å²) in [6.45, 7) is 11.8. The van der Waals surface area contributed by atoms with E-state index in [2.05, 4.69) is 32.6 Å². The first-order valence-electron chi connectivity index (χ1n) is 5.33. The topological polar surface area (TPSA) is 17.1 Å². The van der Waals surface area contributed by atoms with Crippen LogP contribution in [0.5, 0.6) is 0 Å². The third-order valence-electron chi connectivity index (χ3n) is 2.53. The molecule has 80 valence electrons. The molecule has 0 amide bonds. The molecule has 0 aliphatic carbocycles. The lowest BCUT2D eigenvalue weighted by atomic mass is 9.94. The van der Waals surface area contributed by atoms with Crippen LogP contribution in [0, 0.1) is 11.8 Å². The van der Waals surface area contributed by atoms with E-state index in [0.717, 1.165) is 18.4 Å². The highest BCUT2D eigenvalue weighted by atomic mass is 16.1. The van der Waals surface area contributed by atoms with Crippen molar-refractivity contribution in [3.8, 4) is 0 Å². The highest BCUT2D eigenvalue weighted by Crippen LogP contribution is 2.14. The number of Topliss-reactive ketones (excluding diaryl/α,β-unsaturated/α-hetero) is 1. The van der Waals surface area contributed by atoms with Crippen molar-refractivity contribution in [2.45, 2.75) is 40.5 Å². The minimum Gasteiger partial charge on any atom is -0.300 e. The first-order valence-corrected chi connectivity index (χ1v) is 5.33. The molecule has 0 rings (SSSR count). The second-order valence-corrected chi connectivity index (χ2v) is 4.10. The summed E-state index contributed by atoms with van der Waals surface area (Å²) in [5, 5.41) is 0. The Morgan fingerprint density at radius 1 is 1.43 bits per heavy atom. The molecule has 1 heteroatoms. The van der Waals surface area contributed by atoms with Gasteiger partial charge in [0, 0.05) is 5.92 Å². The molecule has 0 aromatic heterocycles. The summed E-state index contributed by atoms with van der Waals surface area (Å²) in [6.07, 6.45) is 6.14. The van der Waals surface area contributed by atoms with Gasteiger partial charge in [0.05, 0.1) is 0 Å². The zero-order valence-electron chi connectivity index (χ0n) is 9.84. The predicted octanol–water partition coefficient (Wildman–Crippen LogP) is 3.76. The number of carbonyl (C=O) groups excluding carboxylic acids is 1. The zero-order chi connectivity index (χ0) is 11.1. The van der Waals surface area contributed by atoms with E-state index in [1.807, 2.05) is 6.92 Å². The van der Waals surface area contributed by atoms with Gasteiger partial charge in [-0.1, -0.05) is 45.1 Å². The summed E-state index contributed by atoms with van der Waals surface area (Å²) in [7, 11) is 0. The number of ketones is 1. The predicted molar refractivity (Wildman–Crippen MR) is 62.2 cm³/mol. The van der Waals surface area contributed by atoms with E-state index in [1.54, 1.807) is 6.92 Å². The van der Waals surface area contributed by atoms with Gasteiger partial charge in [-0.2, -0.15) is 0 Å². The van der Waals surface area contributed by atoms with Gasteiger partial charge >= 0.3 is 0 Å². The van der Waals surface area contributed by atoms with E-state index in [0.29, 0.717) is 5.92 Å². The molecule has 0 aliphatic rings. The van der Waals surface area contributed by atoms with E-state index < -0.39 is 0 Å². The van der Waals surface area contributed by atoms with Crippen LogP contribution in [-0.2, 0) is 4.79 Å². The van der Waals surface area contributed by atoms with Crippen LogP contribution in [0.25, 0.3) is 0 Å². The van der Waals surface area contributed by atoms with Gasteiger partial charge in [0.25, 0.3) is 0 Å². The Balaban J connectivity index is 3.97. The molecule has 0 spiro atoms. The molecule has 1 nitrogen and oxygen atoms in total. The summed E-state index contributed by atoms with van der Waals surface area (Å²) in [4.78, 5) is 11.0. The fourth-order valence-corrected chi connectivity index (χ4v) is 1.22. The van der Waals surface area contributed by atoms with Gasteiger partial charge in [0.1, 0.15) is 5.78 Å². The largest absolute Gasteiger partial charge is 0.300 e. The Hall–Kier alpha value is -0.850. The fourth-order valence-electron chi connectivity index (χ4n) is 1.22. The van der Waals surface area contributed by atoms with E-state index in [9.17, 15) is 4.79 Å². The second-order valence-electron chi connectivity index (χ2n) is 4.10. The molecule has 0 heterocycles. The van der Waals surface area contributed by atoms with Gasteiger partial charge in [-0.3, -0.25) is 4.79 Å². The summed E-state index contributed by atoms with van der Waals surface area (Å²) in [6, 6.07) is 0. The maximum Gasteiger partial charge on any atom is 0.132 e. The summed E-state index contributed by atoms with van der Waals surface area (Å²) < 4.78 is 0. The van der Waals surface area contributed by atoms with Crippen LogP contribution in [0.2, 0.25) is 0 Å². The highest BCUT2D eigenvalue weighted by molar-refractivity contribution is 5.77. The molecular formula is C13H22O. The van der Waals surface area contributed by atoms with Crippen molar-refractivity contribution in [1.82, 2.24) is 0 Å². The van der Waals surface area contributed by atoms with Crippen molar-refractivity contribution in [2.24, 2.45) is 11.8 Å². The second kappa shape index (κ2) is 6.58. The smallest absolute Gasteiger partial charge is 0.132 e. The van der Waals surface area contributed by atoms with Gasteiger partial charge < -0.3 is 0 Å². The summed E-state index contributed by atoms with van der Waals surface area (Å²) in [5.74, 6) is 0.904. The van der Waals surface area contributed by atoms with Gasteiger partial charge in [0.15, 0.2) is 0 Å². The minimum atomic E-state index is 0.171. The Morgan fingerprint density at radius 2 is 2.00 bits per heavy atom. The average molecular weight is 194 g/mol. The number of carbonyl (C=O) groups is 1. The SMILES string of the molecule is C=C(C=CC(C)CC(C)C(C)=O)CC. The molecule has 0 radical (unpaired) electrons. The normalized spacial score (nSPS) is 15.4. The van der Waals surface area contributed by atoms with Crippen LogP contribution in [0.4, 0.5) is 0 Å². The molecule has 0 N–H and O–H groups in total. The molecule has 0 fully saturated rings. The third kappa shape index (κ3) is 5.74. The molecule has 0 aromatic rings. The van der Waals surface area contributed by atoms with Crippen LogP contribution >= 0.6 is 0 Å². The molecule has 2 unspecified atom stereocenters. The maximum absolute atomic E-state index is 11.0. The Morgan fingerprint density at radius 3 is 2.43 bits per heavy atom. The van der Waals surface area contributed by atoms with E-state index in [-0.39, 0.29) is 11.7 Å². The lowest BCUT2D eigenvalue weighted by Gasteiger charge is -2.11.